The molecule has 3 aromatic heterocycles. The van der Waals surface area contributed by atoms with Gasteiger partial charge in [-0.3, -0.25) is 9.48 Å². The van der Waals surface area contributed by atoms with Crippen LogP contribution in [0.1, 0.15) is 35.5 Å². The molecule has 1 saturated heterocycles. The maximum atomic E-state index is 13.6. The van der Waals surface area contributed by atoms with Gasteiger partial charge in [0, 0.05) is 49.4 Å². The van der Waals surface area contributed by atoms with Gasteiger partial charge in [-0.25, -0.2) is 9.37 Å². The lowest BCUT2D eigenvalue weighted by atomic mass is 9.97. The van der Waals surface area contributed by atoms with Crippen molar-refractivity contribution in [3.8, 4) is 11.1 Å². The molecule has 1 aromatic carbocycles. The molecule has 1 aliphatic rings. The van der Waals surface area contributed by atoms with Crippen molar-refractivity contribution in [2.45, 2.75) is 31.7 Å². The van der Waals surface area contributed by atoms with Crippen molar-refractivity contribution < 1.29 is 13.6 Å². The fourth-order valence-electron chi connectivity index (χ4n) is 4.36. The number of aromatic nitrogens is 3. The van der Waals surface area contributed by atoms with Crippen LogP contribution in [0.15, 0.2) is 59.3 Å². The Morgan fingerprint density at radius 1 is 1.23 bits per heavy atom. The van der Waals surface area contributed by atoms with Crippen LogP contribution in [0.5, 0.6) is 0 Å². The average molecular weight is 418 g/mol. The van der Waals surface area contributed by atoms with Crippen molar-refractivity contribution in [1.82, 2.24) is 19.7 Å². The van der Waals surface area contributed by atoms with Gasteiger partial charge in [0.2, 0.25) is 5.71 Å². The van der Waals surface area contributed by atoms with Gasteiger partial charge in [-0.05, 0) is 55.2 Å². The summed E-state index contributed by atoms with van der Waals surface area (Å²) < 4.78 is 20.9. The number of piperidine rings is 1. The number of nitrogens with zero attached hydrogens (tertiary/aromatic N) is 4. The Labute approximate surface area is 179 Å². The van der Waals surface area contributed by atoms with Crippen LogP contribution >= 0.6 is 0 Å². The molecule has 1 aliphatic heterocycles. The molecule has 1 unspecified atom stereocenters. The Hall–Kier alpha value is -3.48. The number of likely N-dealkylation sites (tertiary alicyclic amines) is 1. The van der Waals surface area contributed by atoms with Gasteiger partial charge in [-0.1, -0.05) is 12.1 Å². The minimum absolute atomic E-state index is 0.0323. The van der Waals surface area contributed by atoms with E-state index in [1.807, 2.05) is 29.3 Å². The Balaban J connectivity index is 1.44. The van der Waals surface area contributed by atoms with E-state index in [1.54, 1.807) is 30.1 Å². The fraction of sp³-hybridized carbons (Fsp3) is 0.292. The number of carbonyl (C=O) groups is 1. The lowest BCUT2D eigenvalue weighted by Crippen LogP contribution is -2.45. The third-order valence-electron chi connectivity index (χ3n) is 5.86. The van der Waals surface area contributed by atoms with E-state index in [-0.39, 0.29) is 17.8 Å². The zero-order valence-corrected chi connectivity index (χ0v) is 17.3. The molecule has 0 bridgehead atoms. The number of fused-ring (bicyclic) bond motifs is 1. The second kappa shape index (κ2) is 7.98. The minimum atomic E-state index is -0.308. The minimum Gasteiger partial charge on any atom is -0.443 e. The number of rotatable bonds is 4. The van der Waals surface area contributed by atoms with Gasteiger partial charge in [-0.15, -0.1) is 0 Å². The van der Waals surface area contributed by atoms with Crippen LogP contribution in [-0.4, -0.2) is 38.2 Å². The summed E-state index contributed by atoms with van der Waals surface area (Å²) in [7, 11) is 1.79. The van der Waals surface area contributed by atoms with Gasteiger partial charge >= 0.3 is 0 Å². The molecule has 0 N–H and O–H groups in total. The SMILES string of the molecule is Cn1cc(-c2ccc(F)cc2)c(C(=O)N2CCCCC2Cc2cc3cccnc3o2)n1. The largest absolute Gasteiger partial charge is 0.443 e. The number of hydrogen-bond donors (Lipinski definition) is 0. The summed E-state index contributed by atoms with van der Waals surface area (Å²) in [5.41, 5.74) is 2.50. The lowest BCUT2D eigenvalue weighted by molar-refractivity contribution is 0.0601. The first-order valence-corrected chi connectivity index (χ1v) is 10.5. The zero-order chi connectivity index (χ0) is 21.4. The second-order valence-corrected chi connectivity index (χ2v) is 8.03. The molecule has 0 aliphatic carbocycles. The molecule has 0 radical (unpaired) electrons. The first-order chi connectivity index (χ1) is 15.1. The molecule has 5 rings (SSSR count). The molecular weight excluding hydrogens is 395 g/mol. The molecular formula is C24H23FN4O2. The molecule has 4 heterocycles. The first kappa shape index (κ1) is 19.5. The highest BCUT2D eigenvalue weighted by molar-refractivity contribution is 5.99. The van der Waals surface area contributed by atoms with Gasteiger partial charge in [0.05, 0.1) is 0 Å². The molecule has 0 spiro atoms. The lowest BCUT2D eigenvalue weighted by Gasteiger charge is -2.35. The number of benzene rings is 1. The first-order valence-electron chi connectivity index (χ1n) is 10.5. The Morgan fingerprint density at radius 3 is 2.87 bits per heavy atom. The second-order valence-electron chi connectivity index (χ2n) is 8.03. The van der Waals surface area contributed by atoms with Crippen molar-refractivity contribution in [1.29, 1.82) is 0 Å². The molecule has 4 aromatic rings. The quantitative estimate of drug-likeness (QED) is 0.486. The van der Waals surface area contributed by atoms with Crippen molar-refractivity contribution in [3.05, 3.63) is 72.1 Å². The third kappa shape index (κ3) is 3.83. The van der Waals surface area contributed by atoms with E-state index in [2.05, 4.69) is 10.1 Å². The third-order valence-corrected chi connectivity index (χ3v) is 5.86. The molecule has 31 heavy (non-hydrogen) atoms. The maximum Gasteiger partial charge on any atom is 0.275 e. The summed E-state index contributed by atoms with van der Waals surface area (Å²) in [6.07, 6.45) is 7.10. The van der Waals surface area contributed by atoms with Gasteiger partial charge in [0.25, 0.3) is 5.91 Å². The summed E-state index contributed by atoms with van der Waals surface area (Å²) in [4.78, 5) is 19.8. The highest BCUT2D eigenvalue weighted by Crippen LogP contribution is 2.29. The Kier molecular flexibility index (Phi) is 5.02. The van der Waals surface area contributed by atoms with Crippen LogP contribution in [0.4, 0.5) is 4.39 Å². The number of pyridine rings is 1. The van der Waals surface area contributed by atoms with E-state index in [9.17, 15) is 9.18 Å². The maximum absolute atomic E-state index is 13.6. The normalized spacial score (nSPS) is 16.7. The Morgan fingerprint density at radius 2 is 2.06 bits per heavy atom. The van der Waals surface area contributed by atoms with E-state index in [1.165, 1.54) is 12.1 Å². The Bertz CT molecular complexity index is 1200. The van der Waals surface area contributed by atoms with Gasteiger partial charge < -0.3 is 9.32 Å². The summed E-state index contributed by atoms with van der Waals surface area (Å²) >= 11 is 0. The highest BCUT2D eigenvalue weighted by atomic mass is 19.1. The van der Waals surface area contributed by atoms with Gasteiger partial charge in [-0.2, -0.15) is 5.10 Å². The van der Waals surface area contributed by atoms with Crippen molar-refractivity contribution in [2.24, 2.45) is 7.05 Å². The summed E-state index contributed by atoms with van der Waals surface area (Å²) in [5.74, 6) is 0.425. The molecule has 158 valence electrons. The summed E-state index contributed by atoms with van der Waals surface area (Å²) in [6, 6.07) is 12.1. The van der Waals surface area contributed by atoms with E-state index < -0.39 is 0 Å². The van der Waals surface area contributed by atoms with Crippen molar-refractivity contribution in [3.63, 3.8) is 0 Å². The van der Waals surface area contributed by atoms with Gasteiger partial charge in [0.15, 0.2) is 5.69 Å². The topological polar surface area (TPSA) is 64.2 Å². The number of carbonyl (C=O) groups excluding carboxylic acids is 1. The predicted octanol–water partition coefficient (Wildman–Crippen LogP) is 4.60. The highest BCUT2D eigenvalue weighted by Gasteiger charge is 2.31. The zero-order valence-electron chi connectivity index (χ0n) is 17.3. The average Bonchev–Trinajstić information content (AvgIpc) is 3.37. The van der Waals surface area contributed by atoms with Crippen LogP contribution < -0.4 is 0 Å². The van der Waals surface area contributed by atoms with Crippen LogP contribution in [-0.2, 0) is 13.5 Å². The molecule has 7 heteroatoms. The summed E-state index contributed by atoms with van der Waals surface area (Å²) in [5, 5.41) is 5.43. The smallest absolute Gasteiger partial charge is 0.275 e. The number of halogens is 1. The number of amides is 1. The molecule has 1 amide bonds. The van der Waals surface area contributed by atoms with Crippen LogP contribution in [0.25, 0.3) is 22.2 Å². The molecule has 1 fully saturated rings. The predicted molar refractivity (Wildman–Crippen MR) is 115 cm³/mol. The number of furan rings is 1. The van der Waals surface area contributed by atoms with E-state index in [4.69, 9.17) is 4.42 Å². The van der Waals surface area contributed by atoms with Crippen molar-refractivity contribution in [2.75, 3.05) is 6.54 Å². The van der Waals surface area contributed by atoms with Crippen LogP contribution in [0.2, 0.25) is 0 Å². The van der Waals surface area contributed by atoms with Crippen LogP contribution in [0.3, 0.4) is 0 Å². The number of hydrogen-bond acceptors (Lipinski definition) is 4. The summed E-state index contributed by atoms with van der Waals surface area (Å²) in [6.45, 7) is 0.682. The molecule has 1 atom stereocenters. The fourth-order valence-corrected chi connectivity index (χ4v) is 4.36. The van der Waals surface area contributed by atoms with Crippen molar-refractivity contribution >= 4 is 17.0 Å². The van der Waals surface area contributed by atoms with E-state index >= 15 is 0 Å². The standard InChI is InChI=1S/C24H23FN4O2/c1-28-15-21(16-7-9-18(25)10-8-16)22(27-28)24(30)29-12-3-2-6-19(29)14-20-13-17-5-4-11-26-23(17)31-20/h4-5,7-11,13,15,19H,2-3,6,12,14H2,1H3. The van der Waals surface area contributed by atoms with Crippen LogP contribution in [0, 0.1) is 5.82 Å². The molecule has 6 nitrogen and oxygen atoms in total. The van der Waals surface area contributed by atoms with E-state index in [0.717, 1.165) is 36.0 Å². The monoisotopic (exact) mass is 418 g/mol. The number of aryl methyl sites for hydroxylation is 1. The van der Waals surface area contributed by atoms with E-state index in [0.29, 0.717) is 29.9 Å². The van der Waals surface area contributed by atoms with Gasteiger partial charge in [0.1, 0.15) is 11.6 Å². The molecule has 0 saturated carbocycles.